The fourth-order valence-corrected chi connectivity index (χ4v) is 1.96. The lowest BCUT2D eigenvalue weighted by Gasteiger charge is -2.28. The summed E-state index contributed by atoms with van der Waals surface area (Å²) in [7, 11) is 0. The second-order valence-electron chi connectivity index (χ2n) is 5.21. The number of rotatable bonds is 2. The maximum absolute atomic E-state index is 12.7. The lowest BCUT2D eigenvalue weighted by molar-refractivity contribution is -0.187. The van der Waals surface area contributed by atoms with E-state index in [4.69, 9.17) is 0 Å². The van der Waals surface area contributed by atoms with Crippen molar-refractivity contribution in [1.29, 1.82) is 0 Å². The van der Waals surface area contributed by atoms with E-state index in [1.54, 1.807) is 6.08 Å². The monoisotopic (exact) mass is 269 g/mol. The Kier molecular flexibility index (Phi) is 2.13. The van der Waals surface area contributed by atoms with Crippen molar-refractivity contribution < 1.29 is 18.0 Å². The van der Waals surface area contributed by atoms with Crippen molar-refractivity contribution in [2.75, 3.05) is 0 Å². The minimum absolute atomic E-state index is 0.0421. The molecule has 0 aromatic carbocycles. The number of allylic oxidation sites excluding steroid dienone is 3. The molecule has 0 spiro atoms. The van der Waals surface area contributed by atoms with E-state index in [2.05, 4.69) is 10.2 Å². The summed E-state index contributed by atoms with van der Waals surface area (Å²) in [5, 5.41) is 9.49. The fraction of sp³-hybridized carbons (Fsp3) is 0.417. The number of hydrogen-bond donors (Lipinski definition) is 1. The predicted octanol–water partition coefficient (Wildman–Crippen LogP) is 2.76. The molecule has 1 saturated carbocycles. The van der Waals surface area contributed by atoms with E-state index in [0.29, 0.717) is 11.3 Å². The van der Waals surface area contributed by atoms with Gasteiger partial charge in [-0.05, 0) is 31.1 Å². The van der Waals surface area contributed by atoms with Crippen LogP contribution in [0.15, 0.2) is 44.4 Å². The number of hydrogen-bond acceptors (Lipinski definition) is 3. The van der Waals surface area contributed by atoms with E-state index in [1.165, 1.54) is 0 Å². The van der Waals surface area contributed by atoms with Gasteiger partial charge in [-0.1, -0.05) is 0 Å². The summed E-state index contributed by atoms with van der Waals surface area (Å²) in [6, 6.07) is 0. The maximum atomic E-state index is 12.7. The van der Waals surface area contributed by atoms with Crippen LogP contribution >= 0.6 is 0 Å². The first-order valence-corrected chi connectivity index (χ1v) is 5.70. The molecule has 0 bridgehead atoms. The van der Waals surface area contributed by atoms with Crippen LogP contribution in [0.4, 0.5) is 13.2 Å². The second kappa shape index (κ2) is 3.34. The summed E-state index contributed by atoms with van der Waals surface area (Å²) in [6.07, 6.45) is -1.93. The molecule has 1 heterocycles. The van der Waals surface area contributed by atoms with Crippen LogP contribution in [-0.4, -0.2) is 17.6 Å². The highest BCUT2D eigenvalue weighted by Crippen LogP contribution is 2.51. The molecule has 0 unspecified atom stereocenters. The highest BCUT2D eigenvalue weighted by molar-refractivity contribution is 5.97. The SMILES string of the molecule is CC(C)(NC(=O)C1=C2C=C3CC3=C2N=N1)C(F)(F)F. The Labute approximate surface area is 106 Å². The average molecular weight is 269 g/mol. The minimum Gasteiger partial charge on any atom is -0.337 e. The summed E-state index contributed by atoms with van der Waals surface area (Å²) in [5.74, 6) is -0.852. The van der Waals surface area contributed by atoms with E-state index in [-0.39, 0.29) is 5.70 Å². The molecule has 3 rings (SSSR count). The van der Waals surface area contributed by atoms with Crippen molar-refractivity contribution in [2.45, 2.75) is 32.0 Å². The molecule has 100 valence electrons. The van der Waals surface area contributed by atoms with Crippen molar-refractivity contribution >= 4 is 5.91 Å². The van der Waals surface area contributed by atoms with Gasteiger partial charge in [-0.15, -0.1) is 10.2 Å². The molecule has 7 heteroatoms. The average Bonchev–Trinajstić information content (AvgIpc) is 2.75. The lowest BCUT2D eigenvalue weighted by atomic mass is 10.0. The van der Waals surface area contributed by atoms with Gasteiger partial charge in [0.1, 0.15) is 5.54 Å². The van der Waals surface area contributed by atoms with Crippen molar-refractivity contribution in [3.63, 3.8) is 0 Å². The summed E-state index contributed by atoms with van der Waals surface area (Å²) in [4.78, 5) is 11.9. The molecule has 0 saturated heterocycles. The number of amides is 1. The van der Waals surface area contributed by atoms with Crippen LogP contribution < -0.4 is 5.32 Å². The molecule has 4 nitrogen and oxygen atoms in total. The highest BCUT2D eigenvalue weighted by Gasteiger charge is 2.49. The lowest BCUT2D eigenvalue weighted by Crippen LogP contribution is -2.54. The van der Waals surface area contributed by atoms with Gasteiger partial charge in [0.2, 0.25) is 0 Å². The third-order valence-electron chi connectivity index (χ3n) is 3.34. The molecule has 0 aromatic rings. The maximum Gasteiger partial charge on any atom is 0.410 e. The van der Waals surface area contributed by atoms with Crippen molar-refractivity contribution in [1.82, 2.24) is 5.32 Å². The standard InChI is InChI=1S/C12H10F3N3O/c1-11(2,12(13,14)15)16-10(19)9-7-4-5-3-6(5)8(7)17-18-9/h4H,3H2,1-2H3,(H,16,19). The topological polar surface area (TPSA) is 53.8 Å². The van der Waals surface area contributed by atoms with Crippen LogP contribution in [0.3, 0.4) is 0 Å². The smallest absolute Gasteiger partial charge is 0.337 e. The van der Waals surface area contributed by atoms with E-state index < -0.39 is 17.6 Å². The van der Waals surface area contributed by atoms with Gasteiger partial charge < -0.3 is 5.32 Å². The largest absolute Gasteiger partial charge is 0.410 e. The molecule has 2 aliphatic carbocycles. The number of carbonyl (C=O) groups is 1. The molecule has 1 aliphatic heterocycles. The second-order valence-corrected chi connectivity index (χ2v) is 5.21. The Morgan fingerprint density at radius 2 is 2.00 bits per heavy atom. The minimum atomic E-state index is -4.53. The van der Waals surface area contributed by atoms with Gasteiger partial charge in [0, 0.05) is 12.0 Å². The Morgan fingerprint density at radius 3 is 2.63 bits per heavy atom. The van der Waals surface area contributed by atoms with Crippen LogP contribution in [0.2, 0.25) is 0 Å². The van der Waals surface area contributed by atoms with Crippen LogP contribution in [0.25, 0.3) is 0 Å². The summed E-state index contributed by atoms with van der Waals surface area (Å²) < 4.78 is 38.1. The molecule has 0 atom stereocenters. The zero-order valence-corrected chi connectivity index (χ0v) is 10.2. The number of nitrogens with one attached hydrogen (secondary N) is 1. The molecule has 1 amide bonds. The number of halogens is 3. The first-order chi connectivity index (χ1) is 8.71. The van der Waals surface area contributed by atoms with Crippen LogP contribution in [0.1, 0.15) is 20.3 Å². The third kappa shape index (κ3) is 1.72. The first-order valence-electron chi connectivity index (χ1n) is 5.70. The fourth-order valence-electron chi connectivity index (χ4n) is 1.96. The van der Waals surface area contributed by atoms with Gasteiger partial charge in [0.15, 0.2) is 5.70 Å². The van der Waals surface area contributed by atoms with E-state index >= 15 is 0 Å². The summed E-state index contributed by atoms with van der Waals surface area (Å²) >= 11 is 0. The Morgan fingerprint density at radius 1 is 1.32 bits per heavy atom. The quantitative estimate of drug-likeness (QED) is 0.823. The van der Waals surface area contributed by atoms with Gasteiger partial charge in [0.25, 0.3) is 5.91 Å². The van der Waals surface area contributed by atoms with Crippen molar-refractivity contribution in [3.8, 4) is 0 Å². The molecule has 1 N–H and O–H groups in total. The van der Waals surface area contributed by atoms with Gasteiger partial charge in [-0.3, -0.25) is 4.79 Å². The van der Waals surface area contributed by atoms with Crippen LogP contribution in [0.5, 0.6) is 0 Å². The Balaban J connectivity index is 1.85. The number of azo groups is 1. The van der Waals surface area contributed by atoms with Gasteiger partial charge in [-0.2, -0.15) is 13.2 Å². The summed E-state index contributed by atoms with van der Waals surface area (Å²) in [5.41, 5.74) is 0.939. The van der Waals surface area contributed by atoms with Crippen LogP contribution in [0, 0.1) is 0 Å². The van der Waals surface area contributed by atoms with Crippen molar-refractivity contribution in [3.05, 3.63) is 34.2 Å². The molecule has 19 heavy (non-hydrogen) atoms. The normalized spacial score (nSPS) is 20.6. The van der Waals surface area contributed by atoms with Crippen molar-refractivity contribution in [2.24, 2.45) is 10.2 Å². The Bertz CT molecular complexity index is 621. The molecule has 1 fully saturated rings. The van der Waals surface area contributed by atoms with Crippen LogP contribution in [-0.2, 0) is 4.79 Å². The molecule has 3 aliphatic rings. The number of fused-ring (bicyclic) bond motifs is 2. The van der Waals surface area contributed by atoms with E-state index in [9.17, 15) is 18.0 Å². The molecular weight excluding hydrogens is 259 g/mol. The van der Waals surface area contributed by atoms with E-state index in [0.717, 1.165) is 31.4 Å². The highest BCUT2D eigenvalue weighted by atomic mass is 19.4. The first kappa shape index (κ1) is 12.1. The number of nitrogens with zero attached hydrogens (tertiary/aromatic N) is 2. The number of alkyl halides is 3. The zero-order chi connectivity index (χ0) is 14.0. The van der Waals surface area contributed by atoms with Gasteiger partial charge in [-0.25, -0.2) is 0 Å². The van der Waals surface area contributed by atoms with E-state index in [1.807, 2.05) is 5.32 Å². The third-order valence-corrected chi connectivity index (χ3v) is 3.34. The zero-order valence-electron chi connectivity index (χ0n) is 10.2. The molecular formula is C12H10F3N3O. The Hall–Kier alpha value is -1.92. The van der Waals surface area contributed by atoms with Gasteiger partial charge in [0.05, 0.1) is 5.70 Å². The predicted molar refractivity (Wildman–Crippen MR) is 59.9 cm³/mol. The molecule has 0 radical (unpaired) electrons. The summed E-state index contributed by atoms with van der Waals surface area (Å²) in [6.45, 7) is 1.82. The van der Waals surface area contributed by atoms with Gasteiger partial charge >= 0.3 is 6.18 Å². The molecule has 0 aromatic heterocycles. The number of carbonyl (C=O) groups excluding carboxylic acids is 1.